The lowest BCUT2D eigenvalue weighted by atomic mass is 10.3. The Bertz CT molecular complexity index is 1130. The molecule has 8 nitrogen and oxygen atoms in total. The molecule has 0 aliphatic heterocycles. The summed E-state index contributed by atoms with van der Waals surface area (Å²) in [5, 5.41) is 4.19. The van der Waals surface area contributed by atoms with Crippen LogP contribution in [0.3, 0.4) is 0 Å². The van der Waals surface area contributed by atoms with Gasteiger partial charge in [0.25, 0.3) is 10.0 Å². The molecule has 0 atom stereocenters. The van der Waals surface area contributed by atoms with Crippen molar-refractivity contribution in [3.05, 3.63) is 64.4 Å². The smallest absolute Gasteiger partial charge is 0.369 e. The quantitative estimate of drug-likeness (QED) is 0.569. The molecule has 0 amide bonds. The largest absolute Gasteiger partial charge is 0.497 e. The first-order valence-electron chi connectivity index (χ1n) is 8.22. The van der Waals surface area contributed by atoms with Crippen molar-refractivity contribution in [3.8, 4) is 11.4 Å². The van der Waals surface area contributed by atoms with E-state index in [4.69, 9.17) is 9.47 Å². The second-order valence-electron chi connectivity index (χ2n) is 5.40. The van der Waals surface area contributed by atoms with Crippen LogP contribution in [0.1, 0.15) is 16.7 Å². The van der Waals surface area contributed by atoms with Crippen molar-refractivity contribution in [1.82, 2.24) is 9.78 Å². The molecule has 0 aliphatic carbocycles. The van der Waals surface area contributed by atoms with Gasteiger partial charge in [-0.3, -0.25) is 0 Å². The van der Waals surface area contributed by atoms with Crippen LogP contribution in [0.5, 0.6) is 5.75 Å². The molecule has 2 aromatic carbocycles. The van der Waals surface area contributed by atoms with Gasteiger partial charge < -0.3 is 9.47 Å². The molecule has 0 radical (unpaired) electrons. The number of rotatable bonds is 6. The van der Waals surface area contributed by atoms with Gasteiger partial charge in [-0.05, 0) is 43.3 Å². The normalized spacial score (nSPS) is 12.0. The third-order valence-electron chi connectivity index (χ3n) is 3.57. The minimum atomic E-state index is -3.98. The van der Waals surface area contributed by atoms with Crippen LogP contribution in [0, 0.1) is 0 Å². The first-order valence-corrected chi connectivity index (χ1v) is 10.5. The highest BCUT2D eigenvalue weighted by Crippen LogP contribution is 2.16. The van der Waals surface area contributed by atoms with E-state index >= 15 is 0 Å². The van der Waals surface area contributed by atoms with E-state index in [9.17, 15) is 13.2 Å². The fourth-order valence-electron chi connectivity index (χ4n) is 2.26. The molecule has 1 aromatic heterocycles. The average molecular weight is 419 g/mol. The molecule has 0 saturated carbocycles. The van der Waals surface area contributed by atoms with Crippen molar-refractivity contribution >= 4 is 27.3 Å². The van der Waals surface area contributed by atoms with Crippen molar-refractivity contribution in [2.24, 2.45) is 4.40 Å². The second kappa shape index (κ2) is 8.36. The summed E-state index contributed by atoms with van der Waals surface area (Å²) in [5.41, 5.74) is 0.523. The van der Waals surface area contributed by atoms with E-state index in [1.807, 2.05) is 0 Å². The summed E-state index contributed by atoms with van der Waals surface area (Å²) in [6.07, 6.45) is 0. The SMILES string of the molecule is CCOC(=O)c1nn(-c2ccc(OC)cc2)/c(=N\S(=O)(=O)c2ccccc2)s1. The zero-order valence-corrected chi connectivity index (χ0v) is 16.7. The Hall–Kier alpha value is -2.98. The zero-order valence-electron chi connectivity index (χ0n) is 15.1. The summed E-state index contributed by atoms with van der Waals surface area (Å²) in [4.78, 5) is 12.1. The van der Waals surface area contributed by atoms with Crippen molar-refractivity contribution in [2.45, 2.75) is 11.8 Å². The average Bonchev–Trinajstić information content (AvgIpc) is 3.12. The van der Waals surface area contributed by atoms with Crippen molar-refractivity contribution in [2.75, 3.05) is 13.7 Å². The molecule has 0 spiro atoms. The summed E-state index contributed by atoms with van der Waals surface area (Å²) in [5.74, 6) is -0.0195. The van der Waals surface area contributed by atoms with Gasteiger partial charge in [0.1, 0.15) is 5.75 Å². The van der Waals surface area contributed by atoms with Crippen LogP contribution in [-0.2, 0) is 14.8 Å². The summed E-state index contributed by atoms with van der Waals surface area (Å²) in [7, 11) is -2.44. The third-order valence-corrected chi connectivity index (χ3v) is 5.85. The number of aromatic nitrogens is 2. The van der Waals surface area contributed by atoms with Gasteiger partial charge in [-0.25, -0.2) is 9.48 Å². The lowest BCUT2D eigenvalue weighted by Gasteiger charge is -2.03. The number of hydrogen-bond donors (Lipinski definition) is 0. The Morgan fingerprint density at radius 1 is 1.14 bits per heavy atom. The molecule has 0 unspecified atom stereocenters. The molecule has 3 rings (SSSR count). The maximum absolute atomic E-state index is 12.7. The molecule has 28 heavy (non-hydrogen) atoms. The van der Waals surface area contributed by atoms with Gasteiger partial charge in [-0.2, -0.15) is 8.42 Å². The van der Waals surface area contributed by atoms with E-state index in [1.54, 1.807) is 49.4 Å². The minimum absolute atomic E-state index is 0.000297. The Morgan fingerprint density at radius 2 is 1.82 bits per heavy atom. The second-order valence-corrected chi connectivity index (χ2v) is 7.96. The number of hydrogen-bond acceptors (Lipinski definition) is 7. The van der Waals surface area contributed by atoms with E-state index in [-0.39, 0.29) is 21.3 Å². The molecule has 0 bridgehead atoms. The molecule has 0 aliphatic rings. The van der Waals surface area contributed by atoms with Gasteiger partial charge in [0.05, 0.1) is 24.3 Å². The Labute approximate surface area is 165 Å². The zero-order chi connectivity index (χ0) is 20.1. The fraction of sp³-hybridized carbons (Fsp3) is 0.167. The highest BCUT2D eigenvalue weighted by Gasteiger charge is 2.18. The number of esters is 1. The number of benzene rings is 2. The van der Waals surface area contributed by atoms with Crippen LogP contribution >= 0.6 is 11.3 Å². The van der Waals surface area contributed by atoms with Crippen LogP contribution < -0.4 is 9.54 Å². The molecular formula is C18H17N3O5S2. The summed E-state index contributed by atoms with van der Waals surface area (Å²) >= 11 is 0.834. The molecule has 146 valence electrons. The predicted molar refractivity (Wildman–Crippen MR) is 103 cm³/mol. The van der Waals surface area contributed by atoms with E-state index < -0.39 is 16.0 Å². The lowest BCUT2D eigenvalue weighted by Crippen LogP contribution is -2.17. The van der Waals surface area contributed by atoms with Crippen LogP contribution in [0.25, 0.3) is 5.69 Å². The lowest BCUT2D eigenvalue weighted by molar-refractivity contribution is 0.0524. The summed E-state index contributed by atoms with van der Waals surface area (Å²) < 4.78 is 40.6. The number of carbonyl (C=O) groups is 1. The van der Waals surface area contributed by atoms with Crippen molar-refractivity contribution in [1.29, 1.82) is 0 Å². The van der Waals surface area contributed by atoms with E-state index in [1.165, 1.54) is 23.9 Å². The standard InChI is InChI=1S/C18H17N3O5S2/c1-3-26-17(22)16-19-21(13-9-11-14(25-2)12-10-13)18(27-16)20-28(23,24)15-7-5-4-6-8-15/h4-12H,3H2,1-2H3/b20-18+. The first-order chi connectivity index (χ1) is 13.4. The van der Waals surface area contributed by atoms with Crippen LogP contribution in [0.4, 0.5) is 0 Å². The molecule has 3 aromatic rings. The summed E-state index contributed by atoms with van der Waals surface area (Å²) in [6, 6.07) is 14.6. The molecular weight excluding hydrogens is 402 g/mol. The van der Waals surface area contributed by atoms with Gasteiger partial charge in [-0.15, -0.1) is 9.50 Å². The predicted octanol–water partition coefficient (Wildman–Crippen LogP) is 2.41. The van der Waals surface area contributed by atoms with Gasteiger partial charge in [0.15, 0.2) is 0 Å². The van der Waals surface area contributed by atoms with Gasteiger partial charge in [0.2, 0.25) is 9.81 Å². The maximum atomic E-state index is 12.7. The van der Waals surface area contributed by atoms with E-state index in [0.717, 1.165) is 11.3 Å². The van der Waals surface area contributed by atoms with Gasteiger partial charge in [-0.1, -0.05) is 29.5 Å². The molecule has 1 heterocycles. The van der Waals surface area contributed by atoms with Gasteiger partial charge >= 0.3 is 5.97 Å². The third kappa shape index (κ3) is 4.29. The van der Waals surface area contributed by atoms with E-state index in [2.05, 4.69) is 9.50 Å². The fourth-order valence-corrected chi connectivity index (χ4v) is 4.26. The van der Waals surface area contributed by atoms with Crippen LogP contribution in [0.2, 0.25) is 0 Å². The molecule has 0 saturated heterocycles. The Balaban J connectivity index is 2.16. The molecule has 0 N–H and O–H groups in total. The highest BCUT2D eigenvalue weighted by molar-refractivity contribution is 7.90. The number of carbonyl (C=O) groups excluding carboxylic acids is 1. The summed E-state index contributed by atoms with van der Waals surface area (Å²) in [6.45, 7) is 1.85. The van der Waals surface area contributed by atoms with E-state index in [0.29, 0.717) is 11.4 Å². The van der Waals surface area contributed by atoms with Crippen LogP contribution in [0.15, 0.2) is 63.9 Å². The van der Waals surface area contributed by atoms with Gasteiger partial charge in [0, 0.05) is 0 Å². The topological polar surface area (TPSA) is 99.8 Å². The number of methoxy groups -OCH3 is 1. The Morgan fingerprint density at radius 3 is 2.43 bits per heavy atom. The monoisotopic (exact) mass is 419 g/mol. The number of sulfonamides is 1. The Kier molecular flexibility index (Phi) is 5.90. The van der Waals surface area contributed by atoms with Crippen LogP contribution in [-0.4, -0.2) is 37.9 Å². The van der Waals surface area contributed by atoms with Crippen molar-refractivity contribution < 1.29 is 22.7 Å². The first kappa shape index (κ1) is 19.8. The number of ether oxygens (including phenoxy) is 2. The molecule has 0 fully saturated rings. The molecule has 10 heteroatoms. The highest BCUT2D eigenvalue weighted by atomic mass is 32.2. The minimum Gasteiger partial charge on any atom is -0.497 e. The maximum Gasteiger partial charge on any atom is 0.369 e. The van der Waals surface area contributed by atoms with Crippen molar-refractivity contribution in [3.63, 3.8) is 0 Å². The number of nitrogens with zero attached hydrogens (tertiary/aromatic N) is 3.